The summed E-state index contributed by atoms with van der Waals surface area (Å²) in [6.07, 6.45) is 6.84. The minimum absolute atomic E-state index is 0.0315. The molecule has 2 aromatic rings. The molecule has 1 fully saturated rings. The van der Waals surface area contributed by atoms with E-state index in [0.717, 1.165) is 37.1 Å². The lowest BCUT2D eigenvalue weighted by molar-refractivity contribution is -0.125. The molecule has 2 aromatic heterocycles. The number of ether oxygens (including phenoxy) is 1. The van der Waals surface area contributed by atoms with Crippen molar-refractivity contribution in [1.29, 1.82) is 0 Å². The highest BCUT2D eigenvalue weighted by Gasteiger charge is 2.26. The van der Waals surface area contributed by atoms with E-state index >= 15 is 0 Å². The van der Waals surface area contributed by atoms with Gasteiger partial charge in [0.15, 0.2) is 0 Å². The van der Waals surface area contributed by atoms with Gasteiger partial charge in [-0.15, -0.1) is 0 Å². The number of aromatic nitrogens is 3. The lowest BCUT2D eigenvalue weighted by Crippen LogP contribution is -2.41. The van der Waals surface area contributed by atoms with Gasteiger partial charge in [0.25, 0.3) is 0 Å². The smallest absolute Gasteiger partial charge is 0.228 e. The van der Waals surface area contributed by atoms with Crippen molar-refractivity contribution in [3.05, 3.63) is 41.9 Å². The number of nitrogens with one attached hydrogen (secondary N) is 1. The quantitative estimate of drug-likeness (QED) is 0.892. The van der Waals surface area contributed by atoms with E-state index in [2.05, 4.69) is 25.2 Å². The molecule has 1 amide bonds. The van der Waals surface area contributed by atoms with Gasteiger partial charge in [0, 0.05) is 50.2 Å². The van der Waals surface area contributed by atoms with Gasteiger partial charge in [0.05, 0.1) is 7.11 Å². The van der Waals surface area contributed by atoms with Gasteiger partial charge in [-0.25, -0.2) is 4.98 Å². The number of hydrogen-bond acceptors (Lipinski definition) is 6. The second-order valence-corrected chi connectivity index (χ2v) is 6.18. The average molecular weight is 341 g/mol. The first kappa shape index (κ1) is 17.1. The molecule has 0 saturated carbocycles. The van der Waals surface area contributed by atoms with Gasteiger partial charge in [-0.2, -0.15) is 4.98 Å². The van der Waals surface area contributed by atoms with E-state index in [9.17, 15) is 4.79 Å². The first-order valence-corrected chi connectivity index (χ1v) is 8.46. The zero-order chi connectivity index (χ0) is 17.6. The average Bonchev–Trinajstić information content (AvgIpc) is 2.67. The van der Waals surface area contributed by atoms with E-state index in [0.29, 0.717) is 18.4 Å². The second kappa shape index (κ2) is 7.92. The number of aryl methyl sites for hydroxylation is 1. The van der Waals surface area contributed by atoms with Gasteiger partial charge in [-0.3, -0.25) is 9.78 Å². The zero-order valence-corrected chi connectivity index (χ0v) is 14.6. The van der Waals surface area contributed by atoms with Gasteiger partial charge in [-0.1, -0.05) is 0 Å². The Balaban J connectivity index is 1.51. The van der Waals surface area contributed by atoms with Crippen molar-refractivity contribution < 1.29 is 9.53 Å². The van der Waals surface area contributed by atoms with E-state index in [-0.39, 0.29) is 11.8 Å². The minimum Gasteiger partial charge on any atom is -0.481 e. The van der Waals surface area contributed by atoms with Gasteiger partial charge < -0.3 is 15.0 Å². The van der Waals surface area contributed by atoms with Crippen molar-refractivity contribution in [1.82, 2.24) is 20.3 Å². The normalized spacial score (nSPS) is 15.0. The summed E-state index contributed by atoms with van der Waals surface area (Å²) in [6.45, 7) is 4.08. The molecule has 3 heterocycles. The Hall–Kier alpha value is -2.70. The maximum absolute atomic E-state index is 12.4. The molecule has 3 rings (SSSR count). The molecule has 7 heteroatoms. The van der Waals surface area contributed by atoms with Crippen molar-refractivity contribution in [3.63, 3.8) is 0 Å². The third-order valence-electron chi connectivity index (χ3n) is 4.56. The van der Waals surface area contributed by atoms with E-state index in [1.807, 2.05) is 19.2 Å². The molecule has 1 aliphatic rings. The van der Waals surface area contributed by atoms with Gasteiger partial charge in [0.2, 0.25) is 17.7 Å². The summed E-state index contributed by atoms with van der Waals surface area (Å²) in [7, 11) is 1.59. The molecule has 0 spiro atoms. The highest BCUT2D eigenvalue weighted by Crippen LogP contribution is 2.22. The number of methoxy groups -OCH3 is 1. The molecule has 0 radical (unpaired) electrons. The molecule has 0 aromatic carbocycles. The zero-order valence-electron chi connectivity index (χ0n) is 14.6. The fourth-order valence-corrected chi connectivity index (χ4v) is 2.97. The van der Waals surface area contributed by atoms with Crippen LogP contribution < -0.4 is 15.0 Å². The maximum atomic E-state index is 12.4. The van der Waals surface area contributed by atoms with Gasteiger partial charge in [0.1, 0.15) is 0 Å². The summed E-state index contributed by atoms with van der Waals surface area (Å²) in [6, 6.07) is 3.67. The Kier molecular flexibility index (Phi) is 5.42. The molecular weight excluding hydrogens is 318 g/mol. The topological polar surface area (TPSA) is 80.2 Å². The van der Waals surface area contributed by atoms with Crippen LogP contribution in [-0.2, 0) is 11.3 Å². The predicted octanol–water partition coefficient (Wildman–Crippen LogP) is 1.72. The van der Waals surface area contributed by atoms with Crippen LogP contribution in [0.25, 0.3) is 0 Å². The van der Waals surface area contributed by atoms with Crippen molar-refractivity contribution in [2.75, 3.05) is 25.1 Å². The van der Waals surface area contributed by atoms with Crippen LogP contribution >= 0.6 is 0 Å². The summed E-state index contributed by atoms with van der Waals surface area (Å²) in [5.41, 5.74) is 2.19. The molecule has 0 bridgehead atoms. The first-order valence-electron chi connectivity index (χ1n) is 8.46. The number of carbonyl (C=O) groups excluding carboxylic acids is 1. The second-order valence-electron chi connectivity index (χ2n) is 6.18. The molecule has 0 aliphatic carbocycles. The summed E-state index contributed by atoms with van der Waals surface area (Å²) in [4.78, 5) is 27.3. The fraction of sp³-hybridized carbons (Fsp3) is 0.444. The number of nitrogens with zero attached hydrogens (tertiary/aromatic N) is 4. The Morgan fingerprint density at radius 2 is 2.12 bits per heavy atom. The summed E-state index contributed by atoms with van der Waals surface area (Å²) >= 11 is 0. The molecule has 1 aliphatic heterocycles. The lowest BCUT2D eigenvalue weighted by atomic mass is 9.96. The van der Waals surface area contributed by atoms with Crippen molar-refractivity contribution in [3.8, 4) is 5.88 Å². The van der Waals surface area contributed by atoms with Crippen molar-refractivity contribution in [2.24, 2.45) is 5.92 Å². The van der Waals surface area contributed by atoms with Gasteiger partial charge >= 0.3 is 0 Å². The SMILES string of the molecule is COc1ccnc(N2CCC(C(=O)NCc3ccncc3C)CC2)n1. The third-order valence-corrected chi connectivity index (χ3v) is 4.56. The number of hydrogen-bond donors (Lipinski definition) is 1. The number of carbonyl (C=O) groups is 1. The molecule has 1 saturated heterocycles. The van der Waals surface area contributed by atoms with Crippen LogP contribution in [0, 0.1) is 12.8 Å². The summed E-state index contributed by atoms with van der Waals surface area (Å²) < 4.78 is 5.14. The molecule has 1 N–H and O–H groups in total. The number of amides is 1. The molecule has 0 unspecified atom stereocenters. The predicted molar refractivity (Wildman–Crippen MR) is 94.3 cm³/mol. The molecule has 25 heavy (non-hydrogen) atoms. The summed E-state index contributed by atoms with van der Waals surface area (Å²) in [5.74, 6) is 1.36. The summed E-state index contributed by atoms with van der Waals surface area (Å²) in [5, 5.41) is 3.05. The molecular formula is C18H23N5O2. The number of pyridine rings is 1. The minimum atomic E-state index is 0.0315. The van der Waals surface area contributed by atoms with Crippen LogP contribution in [0.4, 0.5) is 5.95 Å². The van der Waals surface area contributed by atoms with E-state index < -0.39 is 0 Å². The highest BCUT2D eigenvalue weighted by molar-refractivity contribution is 5.79. The van der Waals surface area contributed by atoms with Crippen LogP contribution in [-0.4, -0.2) is 41.1 Å². The standard InChI is InChI=1S/C18H23N5O2/c1-13-11-19-7-3-15(13)12-21-17(24)14-5-9-23(10-6-14)18-20-8-4-16(22-18)25-2/h3-4,7-8,11,14H,5-6,9-10,12H2,1-2H3,(H,21,24). The van der Waals surface area contributed by atoms with Crippen LogP contribution in [0.5, 0.6) is 5.88 Å². The lowest BCUT2D eigenvalue weighted by Gasteiger charge is -2.31. The van der Waals surface area contributed by atoms with Crippen LogP contribution in [0.15, 0.2) is 30.7 Å². The fourth-order valence-electron chi connectivity index (χ4n) is 2.97. The highest BCUT2D eigenvalue weighted by atomic mass is 16.5. The van der Waals surface area contributed by atoms with Crippen LogP contribution in [0.1, 0.15) is 24.0 Å². The Morgan fingerprint density at radius 1 is 1.32 bits per heavy atom. The van der Waals surface area contributed by atoms with E-state index in [1.165, 1.54) is 0 Å². The Morgan fingerprint density at radius 3 is 2.84 bits per heavy atom. The maximum Gasteiger partial charge on any atom is 0.228 e. The largest absolute Gasteiger partial charge is 0.481 e. The van der Waals surface area contributed by atoms with Crippen LogP contribution in [0.3, 0.4) is 0 Å². The van der Waals surface area contributed by atoms with Crippen LogP contribution in [0.2, 0.25) is 0 Å². The van der Waals surface area contributed by atoms with E-state index in [4.69, 9.17) is 4.74 Å². The number of piperidine rings is 1. The van der Waals surface area contributed by atoms with Crippen molar-refractivity contribution >= 4 is 11.9 Å². The number of anilines is 1. The monoisotopic (exact) mass is 341 g/mol. The van der Waals surface area contributed by atoms with Gasteiger partial charge in [-0.05, 0) is 37.0 Å². The third kappa shape index (κ3) is 4.23. The number of rotatable bonds is 5. The van der Waals surface area contributed by atoms with Crippen molar-refractivity contribution in [2.45, 2.75) is 26.3 Å². The molecule has 132 valence electrons. The molecule has 7 nitrogen and oxygen atoms in total. The Labute approximate surface area is 147 Å². The van der Waals surface area contributed by atoms with E-state index in [1.54, 1.807) is 25.6 Å². The molecule has 0 atom stereocenters. The Bertz CT molecular complexity index is 729. The first-order chi connectivity index (χ1) is 12.2.